The molecule has 0 fully saturated rings. The number of hydrogen-bond acceptors (Lipinski definition) is 2. The molecular weight excluding hydrogens is 223 g/mol. The van der Waals surface area contributed by atoms with E-state index < -0.39 is 5.97 Å². The van der Waals surface area contributed by atoms with E-state index >= 15 is 0 Å². The molecule has 0 aliphatic rings. The molecule has 92 valence electrons. The van der Waals surface area contributed by atoms with Gasteiger partial charge in [0.2, 0.25) is 0 Å². The number of carboxylic acid groups (broad SMARTS) is 1. The van der Waals surface area contributed by atoms with Crippen LogP contribution in [0, 0.1) is 18.7 Å². The molecule has 4 heteroatoms. The van der Waals surface area contributed by atoms with Gasteiger partial charge in [-0.3, -0.25) is 9.59 Å². The number of halogens is 1. The first kappa shape index (κ1) is 13.4. The summed E-state index contributed by atoms with van der Waals surface area (Å²) in [5.41, 5.74) is 0.850. The number of Topliss-reactive ketones (excluding diaryl/α,β-unsaturated/α-hetero) is 1. The van der Waals surface area contributed by atoms with Crippen molar-refractivity contribution in [3.63, 3.8) is 0 Å². The van der Waals surface area contributed by atoms with Gasteiger partial charge in [-0.25, -0.2) is 4.39 Å². The molecule has 1 rings (SSSR count). The smallest absolute Gasteiger partial charge is 0.303 e. The van der Waals surface area contributed by atoms with Crippen molar-refractivity contribution in [2.75, 3.05) is 0 Å². The van der Waals surface area contributed by atoms with Crippen molar-refractivity contribution in [1.29, 1.82) is 0 Å². The van der Waals surface area contributed by atoms with Crippen LogP contribution in [0.25, 0.3) is 0 Å². The van der Waals surface area contributed by atoms with Gasteiger partial charge in [0.1, 0.15) is 5.82 Å². The van der Waals surface area contributed by atoms with E-state index in [1.54, 1.807) is 13.8 Å². The topological polar surface area (TPSA) is 54.4 Å². The Bertz CT molecular complexity index is 440. The zero-order valence-electron chi connectivity index (χ0n) is 9.87. The Morgan fingerprint density at radius 2 is 2.00 bits per heavy atom. The van der Waals surface area contributed by atoms with Gasteiger partial charge in [-0.15, -0.1) is 0 Å². The maximum Gasteiger partial charge on any atom is 0.303 e. The first-order valence-electron chi connectivity index (χ1n) is 5.41. The Morgan fingerprint density at radius 3 is 2.53 bits per heavy atom. The maximum atomic E-state index is 13.0. The van der Waals surface area contributed by atoms with Crippen LogP contribution >= 0.6 is 0 Å². The van der Waals surface area contributed by atoms with Gasteiger partial charge in [0.25, 0.3) is 0 Å². The van der Waals surface area contributed by atoms with Gasteiger partial charge < -0.3 is 5.11 Å². The quantitative estimate of drug-likeness (QED) is 0.802. The lowest BCUT2D eigenvalue weighted by atomic mass is 9.96. The summed E-state index contributed by atoms with van der Waals surface area (Å²) in [5.74, 6) is -1.63. The molecule has 0 bridgehead atoms. The van der Waals surface area contributed by atoms with E-state index in [1.165, 1.54) is 18.2 Å². The average molecular weight is 238 g/mol. The van der Waals surface area contributed by atoms with Crippen molar-refractivity contribution in [3.8, 4) is 0 Å². The Labute approximate surface area is 99.3 Å². The zero-order chi connectivity index (χ0) is 13.0. The number of aryl methyl sites for hydroxylation is 1. The molecule has 17 heavy (non-hydrogen) atoms. The number of carboxylic acids is 1. The van der Waals surface area contributed by atoms with Crippen LogP contribution < -0.4 is 0 Å². The fraction of sp³-hybridized carbons (Fsp3) is 0.385. The molecule has 1 N–H and O–H groups in total. The van der Waals surface area contributed by atoms with Crippen LogP contribution in [-0.2, 0) is 4.79 Å². The minimum absolute atomic E-state index is 0.0358. The van der Waals surface area contributed by atoms with Crippen molar-refractivity contribution in [3.05, 3.63) is 35.1 Å². The first-order chi connectivity index (χ1) is 7.90. The Hall–Kier alpha value is -1.71. The highest BCUT2D eigenvalue weighted by atomic mass is 19.1. The summed E-state index contributed by atoms with van der Waals surface area (Å²) in [7, 11) is 0. The fourth-order valence-corrected chi connectivity index (χ4v) is 1.62. The molecule has 0 radical (unpaired) electrons. The van der Waals surface area contributed by atoms with E-state index in [0.29, 0.717) is 11.1 Å². The van der Waals surface area contributed by atoms with Gasteiger partial charge in [0.15, 0.2) is 5.78 Å². The third-order valence-corrected chi connectivity index (χ3v) is 2.54. The molecule has 0 aliphatic carbocycles. The van der Waals surface area contributed by atoms with Crippen molar-refractivity contribution in [2.24, 2.45) is 5.92 Å². The summed E-state index contributed by atoms with van der Waals surface area (Å²) in [6, 6.07) is 4.17. The van der Waals surface area contributed by atoms with E-state index in [2.05, 4.69) is 0 Å². The highest BCUT2D eigenvalue weighted by molar-refractivity contribution is 5.96. The van der Waals surface area contributed by atoms with Gasteiger partial charge in [0.05, 0.1) is 0 Å². The number of benzene rings is 1. The van der Waals surface area contributed by atoms with Gasteiger partial charge in [-0.1, -0.05) is 6.92 Å². The zero-order valence-corrected chi connectivity index (χ0v) is 9.87. The van der Waals surface area contributed by atoms with E-state index in [4.69, 9.17) is 5.11 Å². The number of ketones is 1. The Morgan fingerprint density at radius 1 is 1.35 bits per heavy atom. The molecule has 3 nitrogen and oxygen atoms in total. The second kappa shape index (κ2) is 5.57. The Kier molecular flexibility index (Phi) is 4.37. The molecule has 1 aromatic carbocycles. The molecule has 0 amide bonds. The summed E-state index contributed by atoms with van der Waals surface area (Å²) in [6.07, 6.45) is 0.128. The van der Waals surface area contributed by atoms with Crippen LogP contribution in [0.5, 0.6) is 0 Å². The van der Waals surface area contributed by atoms with Crippen LogP contribution in [0.2, 0.25) is 0 Å². The molecule has 0 heterocycles. The largest absolute Gasteiger partial charge is 0.481 e. The molecule has 0 saturated carbocycles. The lowest BCUT2D eigenvalue weighted by Crippen LogP contribution is -2.10. The third kappa shape index (κ3) is 3.98. The molecule has 0 aliphatic heterocycles. The van der Waals surface area contributed by atoms with Gasteiger partial charge in [-0.2, -0.15) is 0 Å². The van der Waals surface area contributed by atoms with E-state index in [-0.39, 0.29) is 30.4 Å². The first-order valence-corrected chi connectivity index (χ1v) is 5.41. The number of aliphatic carboxylic acids is 1. The van der Waals surface area contributed by atoms with Gasteiger partial charge in [-0.05, 0) is 36.6 Å². The average Bonchev–Trinajstić information content (AvgIpc) is 2.20. The second-order valence-corrected chi connectivity index (χ2v) is 4.29. The standard InChI is InChI=1S/C13H15FO3/c1-8(6-13(16)17)5-12(15)10-3-4-11(14)9(2)7-10/h3-4,7-8H,5-6H2,1-2H3,(H,16,17). The van der Waals surface area contributed by atoms with Crippen molar-refractivity contribution < 1.29 is 19.1 Å². The fourth-order valence-electron chi connectivity index (χ4n) is 1.62. The molecule has 1 unspecified atom stereocenters. The number of rotatable bonds is 5. The Balaban J connectivity index is 2.70. The summed E-state index contributed by atoms with van der Waals surface area (Å²) in [6.45, 7) is 3.30. The molecule has 1 atom stereocenters. The van der Waals surface area contributed by atoms with Crippen molar-refractivity contribution in [1.82, 2.24) is 0 Å². The van der Waals surface area contributed by atoms with Crippen LogP contribution in [-0.4, -0.2) is 16.9 Å². The summed E-state index contributed by atoms with van der Waals surface area (Å²) in [4.78, 5) is 22.3. The van der Waals surface area contributed by atoms with Gasteiger partial charge >= 0.3 is 5.97 Å². The minimum Gasteiger partial charge on any atom is -0.481 e. The summed E-state index contributed by atoms with van der Waals surface area (Å²) >= 11 is 0. The van der Waals surface area contributed by atoms with E-state index in [0.717, 1.165) is 0 Å². The monoisotopic (exact) mass is 238 g/mol. The molecule has 0 saturated heterocycles. The van der Waals surface area contributed by atoms with Crippen LogP contribution in [0.15, 0.2) is 18.2 Å². The van der Waals surface area contributed by atoms with Crippen LogP contribution in [0.3, 0.4) is 0 Å². The van der Waals surface area contributed by atoms with Crippen molar-refractivity contribution in [2.45, 2.75) is 26.7 Å². The summed E-state index contributed by atoms with van der Waals surface area (Å²) in [5, 5.41) is 8.59. The predicted octanol–water partition coefficient (Wildman–Crippen LogP) is 2.82. The molecular formula is C13H15FO3. The lowest BCUT2D eigenvalue weighted by Gasteiger charge is -2.08. The maximum absolute atomic E-state index is 13.0. The second-order valence-electron chi connectivity index (χ2n) is 4.29. The third-order valence-electron chi connectivity index (χ3n) is 2.54. The highest BCUT2D eigenvalue weighted by Gasteiger charge is 2.14. The molecule has 1 aromatic rings. The lowest BCUT2D eigenvalue weighted by molar-refractivity contribution is -0.137. The predicted molar refractivity (Wildman–Crippen MR) is 61.5 cm³/mol. The van der Waals surface area contributed by atoms with E-state index in [1.807, 2.05) is 0 Å². The van der Waals surface area contributed by atoms with E-state index in [9.17, 15) is 14.0 Å². The number of hydrogen-bond donors (Lipinski definition) is 1. The molecule has 0 spiro atoms. The highest BCUT2D eigenvalue weighted by Crippen LogP contribution is 2.15. The number of carbonyl (C=O) groups excluding carboxylic acids is 1. The van der Waals surface area contributed by atoms with Crippen LogP contribution in [0.1, 0.15) is 35.7 Å². The summed E-state index contributed by atoms with van der Waals surface area (Å²) < 4.78 is 13.0. The molecule has 0 aromatic heterocycles. The SMILES string of the molecule is Cc1cc(C(=O)CC(C)CC(=O)O)ccc1F. The van der Waals surface area contributed by atoms with Crippen molar-refractivity contribution >= 4 is 11.8 Å². The van der Waals surface area contributed by atoms with Crippen LogP contribution in [0.4, 0.5) is 4.39 Å². The normalized spacial score (nSPS) is 12.2. The minimum atomic E-state index is -0.916. The van der Waals surface area contributed by atoms with Gasteiger partial charge in [0, 0.05) is 18.4 Å². The number of carbonyl (C=O) groups is 2.